The molecule has 0 atom stereocenters. The van der Waals surface area contributed by atoms with Gasteiger partial charge in [0, 0.05) is 12.4 Å². The first-order valence-electron chi connectivity index (χ1n) is 4.48. The summed E-state index contributed by atoms with van der Waals surface area (Å²) in [4.78, 5) is 10.5. The smallest absolute Gasteiger partial charge is 0.318 e. The Morgan fingerprint density at radius 2 is 2.25 bits per heavy atom. The first-order chi connectivity index (χ1) is 7.74. The Morgan fingerprint density at radius 1 is 1.44 bits per heavy atom. The van der Waals surface area contributed by atoms with Gasteiger partial charge in [-0.1, -0.05) is 6.07 Å². The van der Waals surface area contributed by atoms with E-state index in [4.69, 9.17) is 5.84 Å². The molecule has 0 amide bonds. The van der Waals surface area contributed by atoms with Crippen LogP contribution < -0.4 is 11.3 Å². The van der Waals surface area contributed by atoms with Crippen LogP contribution >= 0.6 is 0 Å². The van der Waals surface area contributed by atoms with E-state index in [1.54, 1.807) is 30.6 Å². The van der Waals surface area contributed by atoms with Gasteiger partial charge in [-0.15, -0.1) is 0 Å². The fraction of sp³-hybridized carbons (Fsp3) is 0. The molecule has 2 rings (SSSR count). The number of nitrogens with two attached hydrogens (primary N) is 1. The Balaban J connectivity index is 2.65. The van der Waals surface area contributed by atoms with E-state index in [0.29, 0.717) is 5.69 Å². The molecule has 0 radical (unpaired) electrons. The Hall–Kier alpha value is -2.41. The average molecular weight is 219 g/mol. The Bertz CT molecular complexity index is 509. The van der Waals surface area contributed by atoms with Crippen LogP contribution in [0.5, 0.6) is 0 Å². The number of nitro benzene ring substituents is 1. The van der Waals surface area contributed by atoms with Gasteiger partial charge in [-0.3, -0.25) is 16.0 Å². The highest BCUT2D eigenvalue weighted by Gasteiger charge is 2.20. The van der Waals surface area contributed by atoms with E-state index in [2.05, 4.69) is 10.5 Å². The van der Waals surface area contributed by atoms with Crippen LogP contribution in [0.2, 0.25) is 0 Å². The van der Waals surface area contributed by atoms with E-state index in [1.165, 1.54) is 10.7 Å². The van der Waals surface area contributed by atoms with Crippen molar-refractivity contribution >= 4 is 11.4 Å². The molecule has 0 saturated carbocycles. The molecular weight excluding hydrogens is 210 g/mol. The second-order valence-corrected chi connectivity index (χ2v) is 3.03. The lowest BCUT2D eigenvalue weighted by molar-refractivity contribution is -0.383. The highest BCUT2D eigenvalue weighted by molar-refractivity contribution is 5.70. The molecule has 1 aromatic heterocycles. The molecule has 0 saturated heterocycles. The second kappa shape index (κ2) is 3.99. The molecule has 0 unspecified atom stereocenters. The normalized spacial score (nSPS) is 10.1. The van der Waals surface area contributed by atoms with Crippen LogP contribution in [0.25, 0.3) is 5.69 Å². The number of nitrogens with one attached hydrogen (secondary N) is 1. The molecular formula is C9H9N5O2. The summed E-state index contributed by atoms with van der Waals surface area (Å²) in [6.07, 6.45) is 3.18. The van der Waals surface area contributed by atoms with Crippen molar-refractivity contribution in [3.63, 3.8) is 0 Å². The topological polar surface area (TPSA) is 99.0 Å². The zero-order valence-electron chi connectivity index (χ0n) is 8.20. The van der Waals surface area contributed by atoms with Gasteiger partial charge in [0.1, 0.15) is 11.4 Å². The van der Waals surface area contributed by atoms with Gasteiger partial charge in [0.15, 0.2) is 0 Å². The van der Waals surface area contributed by atoms with Gasteiger partial charge < -0.3 is 5.43 Å². The summed E-state index contributed by atoms with van der Waals surface area (Å²) in [6, 6.07) is 6.49. The van der Waals surface area contributed by atoms with E-state index in [0.717, 1.165) is 0 Å². The van der Waals surface area contributed by atoms with Gasteiger partial charge in [-0.2, -0.15) is 5.10 Å². The fourth-order valence-corrected chi connectivity index (χ4v) is 1.44. The molecule has 1 aromatic carbocycles. The lowest BCUT2D eigenvalue weighted by Gasteiger charge is -2.06. The minimum atomic E-state index is -0.494. The highest BCUT2D eigenvalue weighted by Crippen LogP contribution is 2.30. The third-order valence-corrected chi connectivity index (χ3v) is 2.10. The number of hydrazine groups is 1. The third kappa shape index (κ3) is 1.59. The number of hydrogen-bond donors (Lipinski definition) is 2. The summed E-state index contributed by atoms with van der Waals surface area (Å²) in [5.41, 5.74) is 2.81. The van der Waals surface area contributed by atoms with Crippen molar-refractivity contribution in [2.45, 2.75) is 0 Å². The van der Waals surface area contributed by atoms with Crippen molar-refractivity contribution in [1.82, 2.24) is 9.78 Å². The Labute approximate surface area is 90.6 Å². The quantitative estimate of drug-likeness (QED) is 0.457. The summed E-state index contributed by atoms with van der Waals surface area (Å²) < 4.78 is 1.42. The highest BCUT2D eigenvalue weighted by atomic mass is 16.6. The maximum absolute atomic E-state index is 11.0. The molecule has 16 heavy (non-hydrogen) atoms. The minimum absolute atomic E-state index is 0.103. The fourth-order valence-electron chi connectivity index (χ4n) is 1.44. The lowest BCUT2D eigenvalue weighted by atomic mass is 10.2. The molecule has 3 N–H and O–H groups in total. The molecule has 1 heterocycles. The second-order valence-electron chi connectivity index (χ2n) is 3.03. The monoisotopic (exact) mass is 219 g/mol. The van der Waals surface area contributed by atoms with Crippen molar-refractivity contribution in [3.8, 4) is 5.69 Å². The third-order valence-electron chi connectivity index (χ3n) is 2.10. The molecule has 0 fully saturated rings. The Morgan fingerprint density at radius 3 is 2.81 bits per heavy atom. The first-order valence-corrected chi connectivity index (χ1v) is 4.48. The molecule has 2 aromatic rings. The SMILES string of the molecule is NNc1cccc(-n2cccn2)c1[N+](=O)[O-]. The number of benzene rings is 1. The van der Waals surface area contributed by atoms with Crippen LogP contribution in [0, 0.1) is 10.1 Å². The predicted octanol–water partition coefficient (Wildman–Crippen LogP) is 1.07. The molecule has 0 aliphatic rings. The molecule has 0 spiro atoms. The molecule has 0 aliphatic heterocycles. The van der Waals surface area contributed by atoms with Crippen molar-refractivity contribution in [2.24, 2.45) is 5.84 Å². The van der Waals surface area contributed by atoms with Gasteiger partial charge in [0.2, 0.25) is 0 Å². The van der Waals surface area contributed by atoms with Gasteiger partial charge in [0.25, 0.3) is 0 Å². The van der Waals surface area contributed by atoms with Crippen molar-refractivity contribution in [3.05, 3.63) is 46.8 Å². The summed E-state index contributed by atoms with van der Waals surface area (Å²) in [6.45, 7) is 0. The van der Waals surface area contributed by atoms with E-state index in [1.807, 2.05) is 0 Å². The number of nitrogens with zero attached hydrogens (tertiary/aromatic N) is 3. The largest absolute Gasteiger partial charge is 0.319 e. The lowest BCUT2D eigenvalue weighted by Crippen LogP contribution is -2.11. The zero-order valence-corrected chi connectivity index (χ0v) is 8.20. The number of nitrogen functional groups attached to an aromatic ring is 1. The summed E-state index contributed by atoms with van der Waals surface area (Å²) >= 11 is 0. The van der Waals surface area contributed by atoms with Crippen LogP contribution in [0.4, 0.5) is 11.4 Å². The van der Waals surface area contributed by atoms with Crippen molar-refractivity contribution < 1.29 is 4.92 Å². The minimum Gasteiger partial charge on any atom is -0.318 e. The van der Waals surface area contributed by atoms with Crippen LogP contribution in [0.3, 0.4) is 0 Å². The van der Waals surface area contributed by atoms with E-state index in [-0.39, 0.29) is 11.4 Å². The summed E-state index contributed by atoms with van der Waals surface area (Å²) in [5, 5.41) is 14.9. The first kappa shape index (κ1) is 10.1. The van der Waals surface area contributed by atoms with E-state index < -0.39 is 4.92 Å². The molecule has 0 aliphatic carbocycles. The van der Waals surface area contributed by atoms with Gasteiger partial charge >= 0.3 is 5.69 Å². The molecule has 7 heteroatoms. The van der Waals surface area contributed by atoms with Gasteiger partial charge in [0.05, 0.1) is 4.92 Å². The van der Waals surface area contributed by atoms with Crippen LogP contribution in [0.15, 0.2) is 36.7 Å². The molecule has 7 nitrogen and oxygen atoms in total. The number of aromatic nitrogens is 2. The van der Waals surface area contributed by atoms with Crippen LogP contribution in [-0.4, -0.2) is 14.7 Å². The number of nitro groups is 1. The summed E-state index contributed by atoms with van der Waals surface area (Å²) in [7, 11) is 0. The van der Waals surface area contributed by atoms with E-state index in [9.17, 15) is 10.1 Å². The predicted molar refractivity (Wildman–Crippen MR) is 58.0 cm³/mol. The van der Waals surface area contributed by atoms with Gasteiger partial charge in [-0.05, 0) is 18.2 Å². The van der Waals surface area contributed by atoms with Crippen molar-refractivity contribution in [1.29, 1.82) is 0 Å². The average Bonchev–Trinajstić information content (AvgIpc) is 2.81. The Kier molecular flexibility index (Phi) is 2.52. The number of hydrogen-bond acceptors (Lipinski definition) is 5. The van der Waals surface area contributed by atoms with Crippen molar-refractivity contribution in [2.75, 3.05) is 5.43 Å². The maximum atomic E-state index is 11.0. The number of para-hydroxylation sites is 1. The number of anilines is 1. The zero-order chi connectivity index (χ0) is 11.5. The maximum Gasteiger partial charge on any atom is 0.319 e. The van der Waals surface area contributed by atoms with Crippen LogP contribution in [-0.2, 0) is 0 Å². The number of rotatable bonds is 3. The van der Waals surface area contributed by atoms with Crippen LogP contribution in [0.1, 0.15) is 0 Å². The summed E-state index contributed by atoms with van der Waals surface area (Å²) in [5.74, 6) is 5.23. The standard InChI is InChI=1S/C9H9N5O2/c10-12-7-3-1-4-8(9(7)14(15)16)13-6-2-5-11-13/h1-6,12H,10H2. The van der Waals surface area contributed by atoms with E-state index >= 15 is 0 Å². The molecule has 82 valence electrons. The molecule has 0 bridgehead atoms. The van der Waals surface area contributed by atoms with Gasteiger partial charge in [-0.25, -0.2) is 4.68 Å².